The second-order valence-electron chi connectivity index (χ2n) is 44.2. The molecule has 6 fully saturated rings. The Morgan fingerprint density at radius 2 is 0.633 bits per heavy atom. The Kier molecular flexibility index (Phi) is 51.9. The Balaban J connectivity index is 0.000000190. The molecule has 0 heterocycles. The number of hydrogen-bond acceptors (Lipinski definition) is 28. The molecule has 0 aromatic heterocycles. The average molecular weight is 2110 g/mol. The molecule has 14 rings (SSSR count). The van der Waals surface area contributed by atoms with Crippen molar-refractivity contribution in [3.8, 4) is 23.0 Å². The Morgan fingerprint density at radius 1 is 0.333 bits per heavy atom. The molecule has 0 aliphatic heterocycles. The standard InChI is InChI=1S/C31H48O9.C30H46O9.C29H42O7.C28H40O7/c1-3-4-5-8-24(32)10-11-25-26-16-22-7-6-9-29(27(22)17-23(26)18-28(25)33)39-20-31(36)40-21(2)19-38-15-14-37-13-12-30(34)35;1-2-3-4-7-23(31)9-10-24-25-17-21-6-5-8-28(26(21)18-22(25)19-27(24)32)39-20-30(35)38-16-15-37-14-13-36-12-11-29(33)34;1-2-3-4-7-21(30)9-10-23-24-14-19-6-5-8-27(25(19)15-20(24)16-26(23)31)35-17-29(34)36-22-11-18(12-22)13-28(32)33;1-2-3-4-7-20(29)9-10-22-23-13-17-6-5-8-26(24(17)14-18(23)15-25(22)30)34-16-27(31)35-21-11-19(12-21)28(32)33/h6-7,9,21,23-26,28,32-33H,3-5,8,10-20H2,1-2H3,(H,34,35);5-6,8,22-25,27,31-32H,2-4,7,9-20H2,1H3,(H,33,34);5-6,8,18,20-24,26,30-31H,2-4,7,9-17H2,1H3,(H,32,33);5-6,8,18-23,25,29-30H,2-4,7,9-16H2,1H3,(H,32,33)/t21?,23-,24-,25+,26-,28+;22-,23-,24+,25-,27+;18?,20-,21-,22?,23+,24-,26+;18-,19?,20-,21?,22+,23-,25+/m0000/s1. The van der Waals surface area contributed by atoms with Crippen molar-refractivity contribution in [2.24, 2.45) is 82.9 Å². The molecule has 0 saturated heterocycles. The third kappa shape index (κ3) is 39.1. The van der Waals surface area contributed by atoms with Crippen molar-refractivity contribution < 1.29 is 156 Å². The monoisotopic (exact) mass is 2110 g/mol. The van der Waals surface area contributed by atoms with Crippen LogP contribution in [0.15, 0.2) is 72.8 Å². The normalized spacial score (nSPS) is 26.2. The first-order chi connectivity index (χ1) is 72.3. The van der Waals surface area contributed by atoms with Gasteiger partial charge in [-0.2, -0.15) is 0 Å². The molecule has 12 N–H and O–H groups in total. The van der Waals surface area contributed by atoms with E-state index in [9.17, 15) is 79.2 Å². The zero-order valence-electron chi connectivity index (χ0n) is 89.5. The maximum atomic E-state index is 12.4. The summed E-state index contributed by atoms with van der Waals surface area (Å²) in [5, 5.41) is 120. The summed E-state index contributed by atoms with van der Waals surface area (Å²) in [4.78, 5) is 91.5. The van der Waals surface area contributed by atoms with Crippen molar-refractivity contribution in [3.05, 3.63) is 117 Å². The fourth-order valence-electron chi connectivity index (χ4n) is 25.1. The summed E-state index contributed by atoms with van der Waals surface area (Å²) in [5.41, 5.74) is 9.33. The van der Waals surface area contributed by atoms with E-state index in [4.69, 9.17) is 77.3 Å². The summed E-state index contributed by atoms with van der Waals surface area (Å²) in [5.74, 6) is 1.10. The maximum absolute atomic E-state index is 12.4. The molecule has 1 unspecified atom stereocenters. The number of unbranched alkanes of at least 4 members (excludes halogenated alkanes) is 8. The van der Waals surface area contributed by atoms with Crippen molar-refractivity contribution in [1.29, 1.82) is 0 Å². The number of carboxylic acid groups (broad SMARTS) is 4. The van der Waals surface area contributed by atoms with Crippen molar-refractivity contribution >= 4 is 47.8 Å². The molecule has 0 spiro atoms. The van der Waals surface area contributed by atoms with E-state index >= 15 is 0 Å². The zero-order chi connectivity index (χ0) is 108. The van der Waals surface area contributed by atoms with Gasteiger partial charge in [-0.15, -0.1) is 0 Å². The van der Waals surface area contributed by atoms with Crippen LogP contribution in [0, 0.1) is 82.9 Å². The maximum Gasteiger partial charge on any atom is 0.344 e. The van der Waals surface area contributed by atoms with Gasteiger partial charge in [-0.1, -0.05) is 153 Å². The molecule has 10 aliphatic carbocycles. The molecular formula is C118H176O32. The molecule has 32 heteroatoms. The van der Waals surface area contributed by atoms with E-state index in [0.29, 0.717) is 103 Å². The molecule has 0 amide bonds. The lowest BCUT2D eigenvalue weighted by molar-refractivity contribution is -0.165. The number of esters is 4. The van der Waals surface area contributed by atoms with Gasteiger partial charge in [-0.25, -0.2) is 19.2 Å². The molecule has 840 valence electrons. The van der Waals surface area contributed by atoms with E-state index < -0.39 is 59.8 Å². The number of carbonyl (C=O) groups excluding carboxylic acids is 4. The Bertz CT molecular complexity index is 4740. The van der Waals surface area contributed by atoms with Crippen LogP contribution in [0.1, 0.15) is 304 Å². The van der Waals surface area contributed by atoms with Gasteiger partial charge >= 0.3 is 47.8 Å². The van der Waals surface area contributed by atoms with E-state index in [0.717, 1.165) is 253 Å². The zero-order valence-corrected chi connectivity index (χ0v) is 89.5. The first kappa shape index (κ1) is 122. The number of benzene rings is 4. The highest BCUT2D eigenvalue weighted by molar-refractivity contribution is 5.75. The number of fused-ring (bicyclic) bond motifs is 8. The highest BCUT2D eigenvalue weighted by Gasteiger charge is 2.50. The summed E-state index contributed by atoms with van der Waals surface area (Å²) < 4.78 is 65.8. The quantitative estimate of drug-likeness (QED) is 0.0111. The van der Waals surface area contributed by atoms with Gasteiger partial charge in [0, 0.05) is 6.42 Å². The number of aliphatic carboxylic acids is 4. The van der Waals surface area contributed by atoms with Crippen LogP contribution >= 0.6 is 0 Å². The summed E-state index contributed by atoms with van der Waals surface area (Å²) in [7, 11) is 0. The fraction of sp³-hybridized carbons (Fsp3) is 0.729. The second kappa shape index (κ2) is 64.0. The Hall–Kier alpha value is -8.64. The molecule has 6 saturated carbocycles. The van der Waals surface area contributed by atoms with Crippen LogP contribution in [0.25, 0.3) is 0 Å². The first-order valence-corrected chi connectivity index (χ1v) is 56.7. The molecule has 21 atom stereocenters. The first-order valence-electron chi connectivity index (χ1n) is 56.7. The van der Waals surface area contributed by atoms with Crippen LogP contribution in [-0.2, 0) is 128 Å². The van der Waals surface area contributed by atoms with E-state index in [1.54, 1.807) is 6.92 Å². The van der Waals surface area contributed by atoms with E-state index in [-0.39, 0.29) is 189 Å². The Morgan fingerprint density at radius 3 is 0.947 bits per heavy atom. The van der Waals surface area contributed by atoms with Gasteiger partial charge in [0.2, 0.25) is 0 Å². The molecule has 32 nitrogen and oxygen atoms in total. The lowest BCUT2D eigenvalue weighted by atomic mass is 9.73. The van der Waals surface area contributed by atoms with Gasteiger partial charge in [0.05, 0.1) is 120 Å². The summed E-state index contributed by atoms with van der Waals surface area (Å²) in [6.45, 7) is 11.6. The highest BCUT2D eigenvalue weighted by atomic mass is 16.6. The molecule has 150 heavy (non-hydrogen) atoms. The summed E-state index contributed by atoms with van der Waals surface area (Å²) in [6.07, 6.45) is 31.6. The third-order valence-electron chi connectivity index (χ3n) is 33.2. The van der Waals surface area contributed by atoms with Gasteiger partial charge in [-0.3, -0.25) is 19.2 Å². The number of carboxylic acids is 4. The van der Waals surface area contributed by atoms with Gasteiger partial charge in [0.25, 0.3) is 0 Å². The van der Waals surface area contributed by atoms with Gasteiger partial charge in [-0.05, 0) is 332 Å². The molecule has 10 aliphatic rings. The lowest BCUT2D eigenvalue weighted by Gasteiger charge is -2.34. The number of ether oxygens (including phenoxy) is 12. The molecule has 4 aromatic carbocycles. The summed E-state index contributed by atoms with van der Waals surface area (Å²) in [6, 6.07) is 23.8. The largest absolute Gasteiger partial charge is 0.482 e. The van der Waals surface area contributed by atoms with Crippen LogP contribution in [0.3, 0.4) is 0 Å². The predicted octanol–water partition coefficient (Wildman–Crippen LogP) is 15.7. The lowest BCUT2D eigenvalue weighted by Crippen LogP contribution is -2.38. The van der Waals surface area contributed by atoms with E-state index in [2.05, 4.69) is 52.0 Å². The smallest absolute Gasteiger partial charge is 0.344 e. The molecule has 0 bridgehead atoms. The minimum Gasteiger partial charge on any atom is -0.482 e. The minimum atomic E-state index is -0.907. The van der Waals surface area contributed by atoms with E-state index in [1.807, 2.05) is 48.5 Å². The summed E-state index contributed by atoms with van der Waals surface area (Å²) >= 11 is 0. The average Bonchev–Trinajstić information content (AvgIpc) is 1.62. The van der Waals surface area contributed by atoms with Gasteiger partial charge in [0.1, 0.15) is 47.9 Å². The number of hydrogen-bond donors (Lipinski definition) is 12. The van der Waals surface area contributed by atoms with E-state index in [1.165, 1.54) is 22.3 Å². The SMILES string of the molecule is CCCCC[C@H](O)CC[C@@H]1[C@H]2Cc3cccc(OCC(=O)OC(C)COCCOCCC(=O)O)c3C[C@H]2C[C@H]1O.CCCCC[C@H](O)CC[C@@H]1[C@H]2Cc3cccc(OCC(=O)OC4CC(C(=O)O)C4)c3C[C@H]2C[C@H]1O.CCCCC[C@H](O)CC[C@@H]1[C@H]2Cc3cccc(OCC(=O)OC4CC(CC(=O)O)C4)c3C[C@H]2C[C@H]1O.CCCCC[C@H](O)CC[C@@H]1[C@H]2Cc3cccc(OCC(=O)OCCOCCOCCC(=O)O)c3C[C@H]2C[C@H]1O. The van der Waals surface area contributed by atoms with Crippen LogP contribution < -0.4 is 18.9 Å². The number of carbonyl (C=O) groups is 8. The Labute approximate surface area is 886 Å². The van der Waals surface area contributed by atoms with Crippen molar-refractivity contribution in [3.63, 3.8) is 0 Å². The predicted molar refractivity (Wildman–Crippen MR) is 559 cm³/mol. The van der Waals surface area contributed by atoms with Crippen LogP contribution in [0.2, 0.25) is 0 Å². The molecule has 0 radical (unpaired) electrons. The number of aliphatic hydroxyl groups excluding tert-OH is 8. The van der Waals surface area contributed by atoms with Gasteiger partial charge < -0.3 is 118 Å². The number of rotatable bonds is 63. The highest BCUT2D eigenvalue weighted by Crippen LogP contribution is 2.54. The van der Waals surface area contributed by atoms with Crippen LogP contribution in [0.5, 0.6) is 23.0 Å². The molecular weight excluding hydrogens is 1930 g/mol. The van der Waals surface area contributed by atoms with Crippen LogP contribution in [-0.4, -0.2) is 262 Å². The van der Waals surface area contributed by atoms with Crippen LogP contribution in [0.4, 0.5) is 0 Å². The van der Waals surface area contributed by atoms with Crippen molar-refractivity contribution in [2.45, 2.75) is 378 Å². The second-order valence-corrected chi connectivity index (χ2v) is 44.2. The minimum absolute atomic E-state index is 0.0454. The van der Waals surface area contributed by atoms with Crippen molar-refractivity contribution in [1.82, 2.24) is 0 Å². The van der Waals surface area contributed by atoms with Gasteiger partial charge in [0.15, 0.2) is 26.4 Å². The molecule has 4 aromatic rings. The number of aliphatic hydroxyl groups is 8. The topological polar surface area (TPSA) is 490 Å². The van der Waals surface area contributed by atoms with Crippen molar-refractivity contribution in [2.75, 3.05) is 85.9 Å². The fourth-order valence-corrected chi connectivity index (χ4v) is 25.1. The third-order valence-corrected chi connectivity index (χ3v) is 33.2.